The molecule has 2 aromatic carbocycles. The normalized spacial score (nSPS) is 10.7. The number of phenols is 1. The number of benzene rings is 2. The summed E-state index contributed by atoms with van der Waals surface area (Å²) in [4.78, 5) is 11.0. The van der Waals surface area contributed by atoms with E-state index in [0.29, 0.717) is 17.9 Å². The molecule has 6 nitrogen and oxygen atoms in total. The maximum Gasteiger partial charge on any atom is 0.339 e. The van der Waals surface area contributed by atoms with Crippen LogP contribution in [0.25, 0.3) is 11.3 Å². The van der Waals surface area contributed by atoms with Gasteiger partial charge in [-0.3, -0.25) is 0 Å². The highest BCUT2D eigenvalue weighted by Gasteiger charge is 2.12. The third-order valence-electron chi connectivity index (χ3n) is 3.95. The maximum absolute atomic E-state index is 11.0. The van der Waals surface area contributed by atoms with Crippen LogP contribution < -0.4 is 10.6 Å². The van der Waals surface area contributed by atoms with E-state index in [9.17, 15) is 9.90 Å². The van der Waals surface area contributed by atoms with Crippen LogP contribution in [0.3, 0.4) is 0 Å². The number of anilines is 1. The number of carboxylic acids is 1. The van der Waals surface area contributed by atoms with E-state index in [4.69, 9.17) is 9.52 Å². The smallest absolute Gasteiger partial charge is 0.339 e. The number of carbonyl (C=O) groups is 1. The van der Waals surface area contributed by atoms with Crippen molar-refractivity contribution in [2.24, 2.45) is 0 Å². The molecule has 26 heavy (non-hydrogen) atoms. The summed E-state index contributed by atoms with van der Waals surface area (Å²) in [5.74, 6) is -0.148. The highest BCUT2D eigenvalue weighted by atomic mass is 16.4. The molecule has 0 saturated carbocycles. The van der Waals surface area contributed by atoms with Gasteiger partial charge in [-0.05, 0) is 49.0 Å². The van der Waals surface area contributed by atoms with Gasteiger partial charge in [0, 0.05) is 17.8 Å². The van der Waals surface area contributed by atoms with E-state index in [2.05, 4.69) is 22.8 Å². The second kappa shape index (κ2) is 7.76. The van der Waals surface area contributed by atoms with Crippen molar-refractivity contribution in [1.82, 2.24) is 5.32 Å². The predicted molar refractivity (Wildman–Crippen MR) is 99.3 cm³/mol. The van der Waals surface area contributed by atoms with E-state index in [1.54, 1.807) is 12.1 Å². The number of aromatic carboxylic acids is 1. The standard InChI is InChI=1S/C20H20N2O4/c1-21-11-13-3-2-4-15(9-13)22-12-16-6-8-19(26-16)14-5-7-17(20(24)25)18(23)10-14/h2-10,21-23H,11-12H2,1H3,(H,24,25). The van der Waals surface area contributed by atoms with Crippen LogP contribution in [0.1, 0.15) is 21.7 Å². The number of nitrogens with one attached hydrogen (secondary N) is 2. The molecular formula is C20H20N2O4. The van der Waals surface area contributed by atoms with Gasteiger partial charge in [0.15, 0.2) is 0 Å². The quantitative estimate of drug-likeness (QED) is 0.518. The van der Waals surface area contributed by atoms with Crippen LogP contribution in [0.5, 0.6) is 5.75 Å². The van der Waals surface area contributed by atoms with Crippen molar-refractivity contribution in [2.75, 3.05) is 12.4 Å². The summed E-state index contributed by atoms with van der Waals surface area (Å²) in [6.45, 7) is 1.32. The average Bonchev–Trinajstić information content (AvgIpc) is 3.09. The van der Waals surface area contributed by atoms with Crippen LogP contribution in [0.4, 0.5) is 5.69 Å². The van der Waals surface area contributed by atoms with Crippen LogP contribution >= 0.6 is 0 Å². The SMILES string of the molecule is CNCc1cccc(NCc2ccc(-c3ccc(C(=O)O)c(O)c3)o2)c1. The summed E-state index contributed by atoms with van der Waals surface area (Å²) in [5, 5.41) is 25.2. The molecule has 1 heterocycles. The summed E-state index contributed by atoms with van der Waals surface area (Å²) < 4.78 is 5.79. The molecule has 0 saturated heterocycles. The minimum absolute atomic E-state index is 0.136. The molecule has 0 bridgehead atoms. The first-order chi connectivity index (χ1) is 12.6. The first-order valence-corrected chi connectivity index (χ1v) is 8.19. The lowest BCUT2D eigenvalue weighted by Crippen LogP contribution is -2.05. The second-order valence-electron chi connectivity index (χ2n) is 5.89. The maximum atomic E-state index is 11.0. The fraction of sp³-hybridized carbons (Fsp3) is 0.150. The van der Waals surface area contributed by atoms with Crippen LogP contribution in [0, 0.1) is 0 Å². The Hall–Kier alpha value is -3.25. The third-order valence-corrected chi connectivity index (χ3v) is 3.95. The molecule has 4 N–H and O–H groups in total. The second-order valence-corrected chi connectivity index (χ2v) is 5.89. The molecule has 3 rings (SSSR count). The van der Waals surface area contributed by atoms with Crippen molar-refractivity contribution in [3.63, 3.8) is 0 Å². The molecule has 0 aliphatic heterocycles. The van der Waals surface area contributed by atoms with Crippen molar-refractivity contribution in [1.29, 1.82) is 0 Å². The highest BCUT2D eigenvalue weighted by molar-refractivity contribution is 5.91. The molecule has 134 valence electrons. The van der Waals surface area contributed by atoms with E-state index in [1.165, 1.54) is 17.7 Å². The molecule has 0 unspecified atom stereocenters. The Morgan fingerprint density at radius 3 is 2.65 bits per heavy atom. The van der Waals surface area contributed by atoms with Crippen LogP contribution in [0.15, 0.2) is 59.0 Å². The van der Waals surface area contributed by atoms with Crippen molar-refractivity contribution < 1.29 is 19.4 Å². The molecule has 0 aliphatic carbocycles. The average molecular weight is 352 g/mol. The summed E-state index contributed by atoms with van der Waals surface area (Å²) in [6, 6.07) is 16.1. The number of hydrogen-bond acceptors (Lipinski definition) is 5. The predicted octanol–water partition coefficient (Wildman–Crippen LogP) is 3.68. The van der Waals surface area contributed by atoms with E-state index < -0.39 is 5.97 Å². The molecule has 3 aromatic rings. The first kappa shape index (κ1) is 17.6. The molecular weight excluding hydrogens is 332 g/mol. The van der Waals surface area contributed by atoms with Gasteiger partial charge < -0.3 is 25.3 Å². The molecule has 0 radical (unpaired) electrons. The van der Waals surface area contributed by atoms with E-state index in [1.807, 2.05) is 25.2 Å². The van der Waals surface area contributed by atoms with E-state index >= 15 is 0 Å². The topological polar surface area (TPSA) is 94.7 Å². The fourth-order valence-corrected chi connectivity index (χ4v) is 2.68. The van der Waals surface area contributed by atoms with Crippen molar-refractivity contribution in [2.45, 2.75) is 13.1 Å². The monoisotopic (exact) mass is 352 g/mol. The first-order valence-electron chi connectivity index (χ1n) is 8.19. The van der Waals surface area contributed by atoms with Crippen LogP contribution in [-0.4, -0.2) is 23.2 Å². The molecule has 0 aliphatic rings. The Morgan fingerprint density at radius 2 is 1.92 bits per heavy atom. The lowest BCUT2D eigenvalue weighted by atomic mass is 10.1. The van der Waals surface area contributed by atoms with E-state index in [0.717, 1.165) is 18.0 Å². The Morgan fingerprint density at radius 1 is 1.08 bits per heavy atom. The zero-order chi connectivity index (χ0) is 18.5. The van der Waals surface area contributed by atoms with E-state index in [-0.39, 0.29) is 11.3 Å². The van der Waals surface area contributed by atoms with Crippen LogP contribution in [-0.2, 0) is 13.1 Å². The number of furan rings is 1. The van der Waals surface area contributed by atoms with Gasteiger partial charge in [0.2, 0.25) is 0 Å². The van der Waals surface area contributed by atoms with Gasteiger partial charge in [-0.2, -0.15) is 0 Å². The van der Waals surface area contributed by atoms with Crippen molar-refractivity contribution >= 4 is 11.7 Å². The minimum atomic E-state index is -1.17. The molecule has 0 fully saturated rings. The number of rotatable bonds is 7. The molecule has 0 spiro atoms. The minimum Gasteiger partial charge on any atom is -0.507 e. The number of carboxylic acid groups (broad SMARTS) is 1. The van der Waals surface area contributed by atoms with Crippen molar-refractivity contribution in [3.8, 4) is 17.1 Å². The summed E-state index contributed by atoms with van der Waals surface area (Å²) in [6.07, 6.45) is 0. The zero-order valence-electron chi connectivity index (χ0n) is 14.3. The Balaban J connectivity index is 1.69. The Kier molecular flexibility index (Phi) is 5.24. The van der Waals surface area contributed by atoms with Gasteiger partial charge in [0.05, 0.1) is 6.54 Å². The fourth-order valence-electron chi connectivity index (χ4n) is 2.68. The van der Waals surface area contributed by atoms with Crippen LogP contribution in [0.2, 0.25) is 0 Å². The number of hydrogen-bond donors (Lipinski definition) is 4. The summed E-state index contributed by atoms with van der Waals surface area (Å²) in [7, 11) is 1.91. The largest absolute Gasteiger partial charge is 0.507 e. The van der Waals surface area contributed by atoms with Gasteiger partial charge in [0.1, 0.15) is 22.8 Å². The Labute approximate surface area is 151 Å². The van der Waals surface area contributed by atoms with Crippen molar-refractivity contribution in [3.05, 3.63) is 71.5 Å². The van der Waals surface area contributed by atoms with Gasteiger partial charge in [-0.15, -0.1) is 0 Å². The summed E-state index contributed by atoms with van der Waals surface area (Å²) >= 11 is 0. The Bertz CT molecular complexity index is 918. The molecule has 1 aromatic heterocycles. The molecule has 0 atom stereocenters. The lowest BCUT2D eigenvalue weighted by Gasteiger charge is -2.07. The summed E-state index contributed by atoms with van der Waals surface area (Å²) in [5.41, 5.74) is 2.67. The van der Waals surface area contributed by atoms with Gasteiger partial charge in [-0.1, -0.05) is 18.2 Å². The zero-order valence-corrected chi connectivity index (χ0v) is 14.3. The third kappa shape index (κ3) is 4.04. The lowest BCUT2D eigenvalue weighted by molar-refractivity contribution is 0.0693. The number of aromatic hydroxyl groups is 1. The van der Waals surface area contributed by atoms with Gasteiger partial charge >= 0.3 is 5.97 Å². The van der Waals surface area contributed by atoms with Gasteiger partial charge in [-0.25, -0.2) is 4.79 Å². The molecule has 6 heteroatoms. The van der Waals surface area contributed by atoms with Gasteiger partial charge in [0.25, 0.3) is 0 Å². The highest BCUT2D eigenvalue weighted by Crippen LogP contribution is 2.28. The molecule has 0 amide bonds.